The summed E-state index contributed by atoms with van der Waals surface area (Å²) < 4.78 is 55.7. The molecule has 1 aliphatic carbocycles. The van der Waals surface area contributed by atoms with Crippen LogP contribution in [0.3, 0.4) is 0 Å². The number of carboxylic acids is 1. The molecule has 2 fully saturated rings. The second-order valence-electron chi connectivity index (χ2n) is 10.7. The molecule has 0 radical (unpaired) electrons. The molecular formula is C30H29F3N4O5S. The molecule has 4 heterocycles. The van der Waals surface area contributed by atoms with Gasteiger partial charge >= 0.3 is 12.3 Å². The number of ether oxygens (including phenoxy) is 2. The van der Waals surface area contributed by atoms with Crippen molar-refractivity contribution >= 4 is 22.4 Å². The maximum atomic E-state index is 13.1. The molecule has 9 nitrogen and oxygen atoms in total. The van der Waals surface area contributed by atoms with E-state index in [1.807, 2.05) is 5.38 Å². The molecule has 2 aliphatic rings. The van der Waals surface area contributed by atoms with Gasteiger partial charge in [0.25, 0.3) is 0 Å². The first-order valence-corrected chi connectivity index (χ1v) is 14.9. The summed E-state index contributed by atoms with van der Waals surface area (Å²) in [4.78, 5) is 22.2. The summed E-state index contributed by atoms with van der Waals surface area (Å²) in [5, 5.41) is 16.1. The fraction of sp³-hybridized carbons (Fsp3) is 0.400. The number of halogens is 3. The Labute approximate surface area is 249 Å². The van der Waals surface area contributed by atoms with Crippen molar-refractivity contribution in [2.45, 2.75) is 70.1 Å². The third-order valence-electron chi connectivity index (χ3n) is 7.75. The summed E-state index contributed by atoms with van der Waals surface area (Å²) in [6.45, 7) is 3.01. The van der Waals surface area contributed by atoms with Gasteiger partial charge < -0.3 is 24.0 Å². The molecule has 43 heavy (non-hydrogen) atoms. The first kappa shape index (κ1) is 29.1. The largest absolute Gasteiger partial charge is 0.573 e. The summed E-state index contributed by atoms with van der Waals surface area (Å²) in [5.41, 5.74) is 2.66. The number of para-hydroxylation sites is 1. The highest BCUT2D eigenvalue weighted by Crippen LogP contribution is 2.46. The zero-order valence-electron chi connectivity index (χ0n) is 23.2. The Morgan fingerprint density at radius 3 is 2.70 bits per heavy atom. The number of nitrogens with zero attached hydrogens (tertiary/aromatic N) is 4. The minimum absolute atomic E-state index is 0.0197. The first-order chi connectivity index (χ1) is 20.7. The number of alkyl halides is 3. The predicted octanol–water partition coefficient (Wildman–Crippen LogP) is 7.30. The Balaban J connectivity index is 1.15. The molecule has 4 aromatic rings. The number of hydrogen-bond acceptors (Lipinski definition) is 9. The molecule has 3 aromatic heterocycles. The molecule has 0 spiro atoms. The summed E-state index contributed by atoms with van der Waals surface area (Å²) in [6.07, 6.45) is 0.868. The Kier molecular flexibility index (Phi) is 8.10. The van der Waals surface area contributed by atoms with Crippen LogP contribution >= 0.6 is 11.3 Å². The van der Waals surface area contributed by atoms with Crippen LogP contribution in [0.25, 0.3) is 22.5 Å². The number of pyridine rings is 1. The zero-order valence-corrected chi connectivity index (χ0v) is 24.0. The molecule has 13 heteroatoms. The summed E-state index contributed by atoms with van der Waals surface area (Å²) in [5.74, 6) is -0.550. The normalized spacial score (nSPS) is 19.0. The summed E-state index contributed by atoms with van der Waals surface area (Å²) >= 11 is 1.53. The number of benzene rings is 1. The lowest BCUT2D eigenvalue weighted by Gasteiger charge is -2.39. The van der Waals surface area contributed by atoms with E-state index in [0.29, 0.717) is 17.0 Å². The van der Waals surface area contributed by atoms with Crippen LogP contribution in [0.5, 0.6) is 5.75 Å². The molecule has 6 rings (SSSR count). The van der Waals surface area contributed by atoms with Gasteiger partial charge in [-0.05, 0) is 56.4 Å². The van der Waals surface area contributed by atoms with Gasteiger partial charge in [-0.25, -0.2) is 14.8 Å². The van der Waals surface area contributed by atoms with Crippen LogP contribution < -0.4 is 9.64 Å². The van der Waals surface area contributed by atoms with Gasteiger partial charge in [-0.2, -0.15) is 0 Å². The van der Waals surface area contributed by atoms with Crippen molar-refractivity contribution in [3.05, 3.63) is 65.0 Å². The Morgan fingerprint density at radius 2 is 2.00 bits per heavy atom. The fourth-order valence-corrected chi connectivity index (χ4v) is 6.35. The number of aromatic carboxylic acids is 1. The van der Waals surface area contributed by atoms with Crippen molar-refractivity contribution in [2.75, 3.05) is 11.4 Å². The van der Waals surface area contributed by atoms with Crippen molar-refractivity contribution in [1.82, 2.24) is 15.1 Å². The lowest BCUT2D eigenvalue weighted by molar-refractivity contribution is -0.274. The Bertz CT molecular complexity index is 1590. The molecule has 0 bridgehead atoms. The zero-order chi connectivity index (χ0) is 30.1. The van der Waals surface area contributed by atoms with Gasteiger partial charge in [0.2, 0.25) is 0 Å². The van der Waals surface area contributed by atoms with Gasteiger partial charge in [-0.15, -0.1) is 24.5 Å². The highest BCUT2D eigenvalue weighted by molar-refractivity contribution is 7.14. The number of rotatable bonds is 10. The van der Waals surface area contributed by atoms with Crippen molar-refractivity contribution in [3.63, 3.8) is 0 Å². The number of hydrogen-bond donors (Lipinski definition) is 1. The lowest BCUT2D eigenvalue weighted by atomic mass is 9.97. The molecule has 2 atom stereocenters. The average Bonchev–Trinajstić information content (AvgIpc) is 3.56. The number of aromatic nitrogens is 3. The van der Waals surface area contributed by atoms with E-state index in [1.165, 1.54) is 35.7 Å². The summed E-state index contributed by atoms with van der Waals surface area (Å²) in [7, 11) is 0. The van der Waals surface area contributed by atoms with Crippen LogP contribution in [0, 0.1) is 0 Å². The number of thiazole rings is 1. The number of carbonyl (C=O) groups is 1. The van der Waals surface area contributed by atoms with Gasteiger partial charge in [0, 0.05) is 46.8 Å². The fourth-order valence-electron chi connectivity index (χ4n) is 5.42. The van der Waals surface area contributed by atoms with Crippen LogP contribution in [0.2, 0.25) is 0 Å². The van der Waals surface area contributed by atoms with Crippen LogP contribution in [0.1, 0.15) is 66.8 Å². The molecule has 0 amide bonds. The minimum Gasteiger partial charge on any atom is -0.477 e. The van der Waals surface area contributed by atoms with Gasteiger partial charge in [-0.1, -0.05) is 24.2 Å². The molecule has 226 valence electrons. The highest BCUT2D eigenvalue weighted by Gasteiger charge is 2.36. The van der Waals surface area contributed by atoms with Crippen molar-refractivity contribution < 1.29 is 37.1 Å². The van der Waals surface area contributed by atoms with E-state index in [1.54, 1.807) is 18.2 Å². The van der Waals surface area contributed by atoms with Crippen molar-refractivity contribution in [1.29, 1.82) is 0 Å². The van der Waals surface area contributed by atoms with Crippen molar-refractivity contribution in [3.8, 4) is 28.3 Å². The van der Waals surface area contributed by atoms with E-state index in [9.17, 15) is 18.0 Å². The van der Waals surface area contributed by atoms with Gasteiger partial charge in [0.05, 0.1) is 18.4 Å². The third kappa shape index (κ3) is 6.52. The number of carboxylic acid groups (broad SMARTS) is 1. The molecule has 0 unspecified atom stereocenters. The van der Waals surface area contributed by atoms with E-state index >= 15 is 0 Å². The Hall–Kier alpha value is -3.97. The smallest absolute Gasteiger partial charge is 0.477 e. The molecule has 1 saturated heterocycles. The van der Waals surface area contributed by atoms with E-state index in [2.05, 4.69) is 26.7 Å². The molecule has 1 aliphatic heterocycles. The third-order valence-corrected chi connectivity index (χ3v) is 8.63. The maximum absolute atomic E-state index is 13.1. The SMILES string of the molecule is CC[C@@H]1C[C@H](OCc2c(-c3ccccc3OC(F)(F)F)noc2C2CC2)CCN1c1nc(-c2ccc(C(=O)O)nc2)cs1. The monoisotopic (exact) mass is 614 g/mol. The Morgan fingerprint density at radius 1 is 1.19 bits per heavy atom. The topological polar surface area (TPSA) is 111 Å². The molecular weight excluding hydrogens is 585 g/mol. The second kappa shape index (κ2) is 12.0. The highest BCUT2D eigenvalue weighted by atomic mass is 32.1. The van der Waals surface area contributed by atoms with Crippen molar-refractivity contribution in [2.24, 2.45) is 0 Å². The number of piperidine rings is 1. The molecule has 1 saturated carbocycles. The van der Waals surface area contributed by atoms with Crippen LogP contribution in [0.4, 0.5) is 18.3 Å². The maximum Gasteiger partial charge on any atom is 0.573 e. The van der Waals surface area contributed by atoms with Crippen LogP contribution in [-0.2, 0) is 11.3 Å². The van der Waals surface area contributed by atoms with Gasteiger partial charge in [-0.3, -0.25) is 0 Å². The molecule has 1 aromatic carbocycles. The van der Waals surface area contributed by atoms with Crippen LogP contribution in [0.15, 0.2) is 52.5 Å². The van der Waals surface area contributed by atoms with Gasteiger partial charge in [0.15, 0.2) is 5.13 Å². The number of anilines is 1. The van der Waals surface area contributed by atoms with Crippen LogP contribution in [-0.4, -0.2) is 51.3 Å². The predicted molar refractivity (Wildman–Crippen MR) is 152 cm³/mol. The van der Waals surface area contributed by atoms with E-state index in [0.717, 1.165) is 55.0 Å². The molecule has 1 N–H and O–H groups in total. The van der Waals surface area contributed by atoms with E-state index in [4.69, 9.17) is 19.4 Å². The standard InChI is InChI=1S/C30H29F3N4O5S/c1-2-19-13-20(11-12-37(19)29-35-24(16-43-29)18-9-10-23(28(38)39)34-14-18)40-15-22-26(36-42-27(22)17-7-8-17)21-5-3-4-6-25(21)41-30(31,32)33/h3-6,9-10,14,16-17,19-20H,2,7-8,11-13,15H2,1H3,(H,38,39)/t19-,20-/m1/s1. The quantitative estimate of drug-likeness (QED) is 0.197. The van der Waals surface area contributed by atoms with Gasteiger partial charge in [0.1, 0.15) is 22.9 Å². The minimum atomic E-state index is -4.83. The average molecular weight is 615 g/mol. The first-order valence-electron chi connectivity index (χ1n) is 14.1. The lowest BCUT2D eigenvalue weighted by Crippen LogP contribution is -2.44. The summed E-state index contributed by atoms with van der Waals surface area (Å²) in [6, 6.07) is 9.29. The van der Waals surface area contributed by atoms with E-state index in [-0.39, 0.29) is 41.7 Å². The van der Waals surface area contributed by atoms with E-state index < -0.39 is 12.3 Å². The second-order valence-corrected chi connectivity index (χ2v) is 11.5.